The molecule has 4 rings (SSSR count). The van der Waals surface area contributed by atoms with E-state index in [0.717, 1.165) is 9.87 Å². The second kappa shape index (κ2) is 8.09. The Bertz CT molecular complexity index is 1370. The predicted octanol–water partition coefficient (Wildman–Crippen LogP) is 4.30. The van der Waals surface area contributed by atoms with Crippen LogP contribution in [-0.2, 0) is 10.0 Å². The van der Waals surface area contributed by atoms with Crippen molar-refractivity contribution in [1.82, 2.24) is 4.31 Å². The smallest absolute Gasteiger partial charge is 0.265 e. The number of hydrogen-bond donors (Lipinski definition) is 1. The maximum atomic E-state index is 13.5. The molecule has 0 bridgehead atoms. The van der Waals surface area contributed by atoms with Crippen molar-refractivity contribution in [2.24, 2.45) is 0 Å². The first-order valence-electron chi connectivity index (χ1n) is 9.97. The molecule has 6 nitrogen and oxygen atoms in total. The van der Waals surface area contributed by atoms with Crippen LogP contribution in [0.1, 0.15) is 37.4 Å². The van der Waals surface area contributed by atoms with Gasteiger partial charge in [-0.2, -0.15) is 0 Å². The Morgan fingerprint density at radius 1 is 0.938 bits per heavy atom. The highest BCUT2D eigenvalue weighted by atomic mass is 32.2. The third-order valence-corrected chi connectivity index (χ3v) is 7.21. The molecule has 0 unspecified atom stereocenters. The Balaban J connectivity index is 1.90. The molecule has 0 saturated carbocycles. The minimum absolute atomic E-state index is 0.0415. The van der Waals surface area contributed by atoms with Crippen molar-refractivity contribution in [2.75, 3.05) is 6.54 Å². The van der Waals surface area contributed by atoms with Crippen molar-refractivity contribution in [3.05, 3.63) is 106 Å². The molecule has 0 aliphatic carbocycles. The summed E-state index contributed by atoms with van der Waals surface area (Å²) in [6.07, 6.45) is 0. The number of rotatable bonds is 4. The summed E-state index contributed by atoms with van der Waals surface area (Å²) in [5, 5.41) is 11.0. The van der Waals surface area contributed by atoms with Gasteiger partial charge in [0.1, 0.15) is 5.70 Å². The first-order chi connectivity index (χ1) is 15.2. The molecule has 0 fully saturated rings. The summed E-state index contributed by atoms with van der Waals surface area (Å²) in [5.41, 5.74) is 1.82. The molecule has 1 aliphatic heterocycles. The van der Waals surface area contributed by atoms with E-state index in [1.54, 1.807) is 55.5 Å². The van der Waals surface area contributed by atoms with Crippen molar-refractivity contribution in [3.8, 4) is 0 Å². The Morgan fingerprint density at radius 3 is 2.28 bits per heavy atom. The van der Waals surface area contributed by atoms with Gasteiger partial charge < -0.3 is 5.11 Å². The second-order valence-corrected chi connectivity index (χ2v) is 9.47. The lowest BCUT2D eigenvalue weighted by molar-refractivity contribution is 0.0952. The molecule has 1 heterocycles. The number of carbonyl (C=O) groups excluding carboxylic acids is 2. The largest absolute Gasteiger partial charge is 0.505 e. The number of fused-ring (bicyclic) bond motifs is 1. The summed E-state index contributed by atoms with van der Waals surface area (Å²) < 4.78 is 27.7. The minimum atomic E-state index is -4.27. The first kappa shape index (κ1) is 21.5. The predicted molar refractivity (Wildman–Crippen MR) is 121 cm³/mol. The SMILES string of the molecule is Cc1ccc(C(=O)CN2C(=C(O)c3ccccc3)C(=O)c3ccccc3S2(=O)=O)c(C)c1. The van der Waals surface area contributed by atoms with Crippen molar-refractivity contribution in [3.63, 3.8) is 0 Å². The Kier molecular flexibility index (Phi) is 5.44. The van der Waals surface area contributed by atoms with E-state index in [9.17, 15) is 23.1 Å². The molecule has 0 radical (unpaired) electrons. The van der Waals surface area contributed by atoms with E-state index in [-0.39, 0.29) is 16.0 Å². The van der Waals surface area contributed by atoms with Crippen molar-refractivity contribution in [1.29, 1.82) is 0 Å². The highest BCUT2D eigenvalue weighted by Gasteiger charge is 2.42. The molecule has 0 atom stereocenters. The highest BCUT2D eigenvalue weighted by molar-refractivity contribution is 7.89. The standard InChI is InChI=1S/C25H21NO5S/c1-16-12-13-19(17(2)14-16)21(27)15-26-23(24(28)18-8-4-3-5-9-18)25(29)20-10-6-7-11-22(20)32(26,30)31/h3-14,28H,15H2,1-2H3. The lowest BCUT2D eigenvalue weighted by atomic mass is 10.0. The summed E-state index contributed by atoms with van der Waals surface area (Å²) in [6.45, 7) is 3.05. The Labute approximate surface area is 186 Å². The fraction of sp³-hybridized carbons (Fsp3) is 0.120. The van der Waals surface area contributed by atoms with E-state index >= 15 is 0 Å². The van der Waals surface area contributed by atoms with E-state index < -0.39 is 39.6 Å². The van der Waals surface area contributed by atoms with E-state index in [1.165, 1.54) is 18.2 Å². The molecule has 0 amide bonds. The summed E-state index contributed by atoms with van der Waals surface area (Å²) in [4.78, 5) is 26.3. The van der Waals surface area contributed by atoms with Crippen LogP contribution in [0.5, 0.6) is 0 Å². The number of sulfonamides is 1. The lowest BCUT2D eigenvalue weighted by Gasteiger charge is -2.31. The number of aliphatic hydroxyl groups is 1. The summed E-state index contributed by atoms with van der Waals surface area (Å²) in [7, 11) is -4.27. The van der Waals surface area contributed by atoms with E-state index in [1.807, 2.05) is 13.0 Å². The molecular weight excluding hydrogens is 426 g/mol. The minimum Gasteiger partial charge on any atom is -0.505 e. The third-order valence-electron chi connectivity index (χ3n) is 5.41. The number of carbonyl (C=O) groups is 2. The first-order valence-corrected chi connectivity index (χ1v) is 11.4. The molecule has 1 N–H and O–H groups in total. The normalized spacial score (nSPS) is 16.4. The quantitative estimate of drug-likeness (QED) is 0.366. The fourth-order valence-corrected chi connectivity index (χ4v) is 5.45. The van der Waals surface area contributed by atoms with Gasteiger partial charge in [-0.1, -0.05) is 66.2 Å². The van der Waals surface area contributed by atoms with Crippen LogP contribution in [0.25, 0.3) is 5.76 Å². The van der Waals surface area contributed by atoms with Gasteiger partial charge in [0.05, 0.1) is 11.4 Å². The van der Waals surface area contributed by atoms with Crippen LogP contribution < -0.4 is 0 Å². The van der Waals surface area contributed by atoms with Gasteiger partial charge in [-0.15, -0.1) is 0 Å². The van der Waals surface area contributed by atoms with Gasteiger partial charge in [0, 0.05) is 16.7 Å². The number of Topliss-reactive ketones (excluding diaryl/α,β-unsaturated/α-hetero) is 2. The van der Waals surface area contributed by atoms with Crippen LogP contribution >= 0.6 is 0 Å². The zero-order valence-electron chi connectivity index (χ0n) is 17.6. The molecule has 3 aromatic rings. The van der Waals surface area contributed by atoms with Gasteiger partial charge in [0.2, 0.25) is 5.78 Å². The number of hydrogen-bond acceptors (Lipinski definition) is 5. The molecule has 32 heavy (non-hydrogen) atoms. The van der Waals surface area contributed by atoms with Gasteiger partial charge in [-0.05, 0) is 31.5 Å². The van der Waals surface area contributed by atoms with E-state index in [4.69, 9.17) is 0 Å². The molecule has 7 heteroatoms. The number of aliphatic hydroxyl groups excluding tert-OH is 1. The average molecular weight is 448 g/mol. The molecule has 0 aromatic heterocycles. The maximum Gasteiger partial charge on any atom is 0.265 e. The summed E-state index contributed by atoms with van der Waals surface area (Å²) in [5.74, 6) is -1.64. The van der Waals surface area contributed by atoms with E-state index in [0.29, 0.717) is 11.1 Å². The number of benzene rings is 3. The molecule has 0 saturated heterocycles. The molecule has 162 valence electrons. The fourth-order valence-electron chi connectivity index (χ4n) is 3.82. The van der Waals surface area contributed by atoms with Crippen LogP contribution in [0.4, 0.5) is 0 Å². The van der Waals surface area contributed by atoms with Crippen molar-refractivity contribution in [2.45, 2.75) is 18.7 Å². The summed E-state index contributed by atoms with van der Waals surface area (Å²) >= 11 is 0. The van der Waals surface area contributed by atoms with Crippen LogP contribution in [0.15, 0.2) is 83.4 Å². The van der Waals surface area contributed by atoms with Crippen LogP contribution in [0, 0.1) is 13.8 Å². The zero-order valence-corrected chi connectivity index (χ0v) is 18.4. The third kappa shape index (κ3) is 3.61. The number of ketones is 2. The van der Waals surface area contributed by atoms with Crippen LogP contribution in [0.3, 0.4) is 0 Å². The number of nitrogens with zero attached hydrogens (tertiary/aromatic N) is 1. The second-order valence-electron chi connectivity index (χ2n) is 7.64. The summed E-state index contributed by atoms with van der Waals surface area (Å²) in [6, 6.07) is 19.2. The molecule has 0 spiro atoms. The van der Waals surface area contributed by atoms with Crippen molar-refractivity contribution >= 4 is 27.3 Å². The van der Waals surface area contributed by atoms with Gasteiger partial charge in [-0.3, -0.25) is 13.9 Å². The zero-order chi connectivity index (χ0) is 23.0. The Hall–Kier alpha value is -3.71. The highest BCUT2D eigenvalue weighted by Crippen LogP contribution is 2.35. The van der Waals surface area contributed by atoms with E-state index in [2.05, 4.69) is 0 Å². The Morgan fingerprint density at radius 2 is 1.59 bits per heavy atom. The average Bonchev–Trinajstić information content (AvgIpc) is 2.78. The maximum absolute atomic E-state index is 13.5. The monoisotopic (exact) mass is 447 g/mol. The van der Waals surface area contributed by atoms with Crippen molar-refractivity contribution < 1.29 is 23.1 Å². The van der Waals surface area contributed by atoms with Crippen LogP contribution in [0.2, 0.25) is 0 Å². The number of allylic oxidation sites excluding steroid dienone is 1. The molecule has 3 aromatic carbocycles. The van der Waals surface area contributed by atoms with Crippen LogP contribution in [-0.4, -0.2) is 35.9 Å². The van der Waals surface area contributed by atoms with Gasteiger partial charge in [-0.25, -0.2) is 8.42 Å². The van der Waals surface area contributed by atoms with Gasteiger partial charge in [0.15, 0.2) is 11.5 Å². The molecule has 1 aliphatic rings. The topological polar surface area (TPSA) is 91.8 Å². The van der Waals surface area contributed by atoms with Gasteiger partial charge >= 0.3 is 0 Å². The lowest BCUT2D eigenvalue weighted by Crippen LogP contribution is -2.42. The molecular formula is C25H21NO5S. The van der Waals surface area contributed by atoms with Gasteiger partial charge in [0.25, 0.3) is 10.0 Å². The number of aryl methyl sites for hydroxylation is 2.